The van der Waals surface area contributed by atoms with Gasteiger partial charge < -0.3 is 14.6 Å². The lowest BCUT2D eigenvalue weighted by atomic mass is 9.93. The first kappa shape index (κ1) is 15.0. The lowest BCUT2D eigenvalue weighted by Crippen LogP contribution is -2.29. The molecule has 0 spiro atoms. The quantitative estimate of drug-likeness (QED) is 0.789. The normalized spacial score (nSPS) is 21.0. The minimum atomic E-state index is 0.381. The van der Waals surface area contributed by atoms with Crippen LogP contribution >= 0.6 is 0 Å². The number of anilines is 1. The van der Waals surface area contributed by atoms with Gasteiger partial charge in [-0.25, -0.2) is 9.97 Å². The summed E-state index contributed by atoms with van der Waals surface area (Å²) in [6, 6.07) is 0.384. The van der Waals surface area contributed by atoms with E-state index >= 15 is 0 Å². The summed E-state index contributed by atoms with van der Waals surface area (Å²) in [5.41, 5.74) is 2.59. The Morgan fingerprint density at radius 1 is 1.12 bits per heavy atom. The second-order valence-corrected chi connectivity index (χ2v) is 6.09. The third-order valence-corrected chi connectivity index (χ3v) is 4.57. The molecule has 7 nitrogen and oxygen atoms in total. The van der Waals surface area contributed by atoms with Crippen LogP contribution in [0.15, 0.2) is 35.6 Å². The van der Waals surface area contributed by atoms with E-state index < -0.39 is 0 Å². The van der Waals surface area contributed by atoms with Gasteiger partial charge in [-0.3, -0.25) is 4.98 Å². The lowest BCUT2D eigenvalue weighted by Gasteiger charge is -2.28. The maximum absolute atomic E-state index is 5.42. The van der Waals surface area contributed by atoms with E-state index in [1.807, 2.05) is 0 Å². The van der Waals surface area contributed by atoms with E-state index in [0.717, 1.165) is 47.7 Å². The Kier molecular flexibility index (Phi) is 4.08. The smallest absolute Gasteiger partial charge is 0.223 e. The molecule has 0 amide bonds. The predicted octanol–water partition coefficient (Wildman–Crippen LogP) is 3.05. The molecule has 1 fully saturated rings. The third kappa shape index (κ3) is 2.94. The molecule has 3 aromatic heterocycles. The fraction of sp³-hybridized carbons (Fsp3) is 0.412. The zero-order valence-corrected chi connectivity index (χ0v) is 13.5. The Bertz CT molecular complexity index is 813. The van der Waals surface area contributed by atoms with E-state index in [9.17, 15) is 0 Å². The summed E-state index contributed by atoms with van der Waals surface area (Å²) in [4.78, 5) is 13.4. The SMILES string of the molecule is COC1CCC(Nc2ncc3cncc(-c4cnoc4)c3n2)CC1. The molecule has 0 atom stereocenters. The summed E-state index contributed by atoms with van der Waals surface area (Å²) in [5.74, 6) is 0.646. The van der Waals surface area contributed by atoms with Crippen LogP contribution in [-0.2, 0) is 4.74 Å². The second kappa shape index (κ2) is 6.52. The summed E-state index contributed by atoms with van der Waals surface area (Å²) in [6.45, 7) is 0. The highest BCUT2D eigenvalue weighted by Crippen LogP contribution is 2.27. The first-order valence-corrected chi connectivity index (χ1v) is 8.13. The van der Waals surface area contributed by atoms with Crippen molar-refractivity contribution in [1.29, 1.82) is 0 Å². The fourth-order valence-corrected chi connectivity index (χ4v) is 3.20. The molecule has 3 heterocycles. The van der Waals surface area contributed by atoms with Crippen LogP contribution in [0.2, 0.25) is 0 Å². The molecule has 0 aliphatic heterocycles. The number of nitrogens with zero attached hydrogens (tertiary/aromatic N) is 4. The fourth-order valence-electron chi connectivity index (χ4n) is 3.20. The highest BCUT2D eigenvalue weighted by Gasteiger charge is 2.21. The monoisotopic (exact) mass is 325 g/mol. The van der Waals surface area contributed by atoms with Gasteiger partial charge in [-0.15, -0.1) is 0 Å². The molecule has 0 saturated heterocycles. The summed E-state index contributed by atoms with van der Waals surface area (Å²) >= 11 is 0. The molecule has 1 aliphatic rings. The summed E-state index contributed by atoms with van der Waals surface area (Å²) < 4.78 is 10.4. The highest BCUT2D eigenvalue weighted by atomic mass is 16.5. The van der Waals surface area contributed by atoms with E-state index in [0.29, 0.717) is 18.1 Å². The molecule has 124 valence electrons. The largest absolute Gasteiger partial charge is 0.381 e. The molecular weight excluding hydrogens is 306 g/mol. The van der Waals surface area contributed by atoms with Gasteiger partial charge in [0, 0.05) is 48.3 Å². The van der Waals surface area contributed by atoms with Gasteiger partial charge in [-0.05, 0) is 25.7 Å². The highest BCUT2D eigenvalue weighted by molar-refractivity contribution is 5.92. The minimum Gasteiger partial charge on any atom is -0.381 e. The van der Waals surface area contributed by atoms with Crippen molar-refractivity contribution in [3.05, 3.63) is 31.1 Å². The van der Waals surface area contributed by atoms with Crippen molar-refractivity contribution in [1.82, 2.24) is 20.1 Å². The second-order valence-electron chi connectivity index (χ2n) is 6.09. The van der Waals surface area contributed by atoms with Crippen LogP contribution in [-0.4, -0.2) is 39.4 Å². The molecule has 24 heavy (non-hydrogen) atoms. The van der Waals surface area contributed by atoms with Crippen LogP contribution < -0.4 is 5.32 Å². The van der Waals surface area contributed by atoms with E-state index in [-0.39, 0.29) is 0 Å². The number of pyridine rings is 1. The van der Waals surface area contributed by atoms with E-state index in [1.54, 1.807) is 38.2 Å². The average Bonchev–Trinajstić information content (AvgIpc) is 3.16. The number of methoxy groups -OCH3 is 1. The zero-order valence-electron chi connectivity index (χ0n) is 13.5. The zero-order chi connectivity index (χ0) is 16.4. The molecule has 0 radical (unpaired) electrons. The molecule has 1 N–H and O–H groups in total. The van der Waals surface area contributed by atoms with Crippen LogP contribution in [0.25, 0.3) is 22.0 Å². The molecule has 0 aromatic carbocycles. The Hall–Kier alpha value is -2.54. The number of nitrogens with one attached hydrogen (secondary N) is 1. The molecular formula is C17H19N5O2. The van der Waals surface area contributed by atoms with Gasteiger partial charge in [-0.1, -0.05) is 5.16 Å². The Balaban J connectivity index is 1.60. The number of aromatic nitrogens is 4. The van der Waals surface area contributed by atoms with Gasteiger partial charge in [0.1, 0.15) is 6.26 Å². The Morgan fingerprint density at radius 2 is 2.00 bits per heavy atom. The lowest BCUT2D eigenvalue weighted by molar-refractivity contribution is 0.0681. The van der Waals surface area contributed by atoms with Gasteiger partial charge >= 0.3 is 0 Å². The molecule has 7 heteroatoms. The van der Waals surface area contributed by atoms with Crippen molar-refractivity contribution in [3.63, 3.8) is 0 Å². The number of fused-ring (bicyclic) bond motifs is 1. The molecule has 1 saturated carbocycles. The van der Waals surface area contributed by atoms with E-state index in [1.165, 1.54) is 0 Å². The average molecular weight is 325 g/mol. The predicted molar refractivity (Wildman–Crippen MR) is 89.5 cm³/mol. The minimum absolute atomic E-state index is 0.381. The van der Waals surface area contributed by atoms with Crippen LogP contribution in [0.3, 0.4) is 0 Å². The molecule has 0 bridgehead atoms. The molecule has 3 aromatic rings. The van der Waals surface area contributed by atoms with Crippen LogP contribution in [0, 0.1) is 0 Å². The van der Waals surface area contributed by atoms with Gasteiger partial charge in [0.2, 0.25) is 5.95 Å². The van der Waals surface area contributed by atoms with Crippen molar-refractivity contribution < 1.29 is 9.26 Å². The first-order valence-electron chi connectivity index (χ1n) is 8.13. The number of ether oxygens (including phenoxy) is 1. The molecule has 1 aliphatic carbocycles. The third-order valence-electron chi connectivity index (χ3n) is 4.57. The van der Waals surface area contributed by atoms with Crippen molar-refractivity contribution in [3.8, 4) is 11.1 Å². The van der Waals surface area contributed by atoms with Crippen LogP contribution in [0.5, 0.6) is 0 Å². The van der Waals surface area contributed by atoms with Crippen molar-refractivity contribution >= 4 is 16.9 Å². The van der Waals surface area contributed by atoms with Gasteiger partial charge in [0.15, 0.2) is 0 Å². The number of rotatable bonds is 4. The molecule has 4 rings (SSSR count). The van der Waals surface area contributed by atoms with Gasteiger partial charge in [-0.2, -0.15) is 0 Å². The maximum atomic E-state index is 5.42. The van der Waals surface area contributed by atoms with Crippen LogP contribution in [0.1, 0.15) is 25.7 Å². The Morgan fingerprint density at radius 3 is 2.75 bits per heavy atom. The number of hydrogen-bond acceptors (Lipinski definition) is 7. The summed E-state index contributed by atoms with van der Waals surface area (Å²) in [5, 5.41) is 8.11. The van der Waals surface area contributed by atoms with E-state index in [4.69, 9.17) is 14.2 Å². The van der Waals surface area contributed by atoms with Crippen molar-refractivity contribution in [2.24, 2.45) is 0 Å². The standard InChI is InChI=1S/C17H19N5O2/c1-23-14-4-2-13(3-5-14)21-17-19-7-11-6-18-9-15(16(11)22-17)12-8-20-24-10-12/h6-10,13-14H,2-5H2,1H3,(H,19,21,22). The number of hydrogen-bond donors (Lipinski definition) is 1. The van der Waals surface area contributed by atoms with Crippen LogP contribution in [0.4, 0.5) is 5.95 Å². The summed E-state index contributed by atoms with van der Waals surface area (Å²) in [7, 11) is 1.78. The van der Waals surface area contributed by atoms with Gasteiger partial charge in [0.05, 0.1) is 17.8 Å². The summed E-state index contributed by atoms with van der Waals surface area (Å²) in [6.07, 6.45) is 13.2. The van der Waals surface area contributed by atoms with Crippen molar-refractivity contribution in [2.75, 3.05) is 12.4 Å². The first-order chi connectivity index (χ1) is 11.8. The molecule has 0 unspecified atom stereocenters. The van der Waals surface area contributed by atoms with E-state index in [2.05, 4.69) is 20.4 Å². The van der Waals surface area contributed by atoms with Gasteiger partial charge in [0.25, 0.3) is 0 Å². The topological polar surface area (TPSA) is 86.0 Å². The Labute approximate surface area is 139 Å². The van der Waals surface area contributed by atoms with Crippen molar-refractivity contribution in [2.45, 2.75) is 37.8 Å². The maximum Gasteiger partial charge on any atom is 0.223 e.